The first kappa shape index (κ1) is 34.8. The van der Waals surface area contributed by atoms with Crippen LogP contribution in [0, 0.1) is 0 Å². The third kappa shape index (κ3) is 9.14. The van der Waals surface area contributed by atoms with E-state index in [1.807, 2.05) is 30.3 Å². The summed E-state index contributed by atoms with van der Waals surface area (Å²) in [5.41, 5.74) is 7.13. The molecule has 3 heterocycles. The van der Waals surface area contributed by atoms with E-state index in [1.165, 1.54) is 24.2 Å². The molecule has 6 rings (SSSR count). The van der Waals surface area contributed by atoms with Crippen molar-refractivity contribution in [2.24, 2.45) is 0 Å². The van der Waals surface area contributed by atoms with Crippen molar-refractivity contribution in [1.82, 2.24) is 41.0 Å². The number of rotatable bonds is 9. The van der Waals surface area contributed by atoms with Crippen molar-refractivity contribution in [3.8, 4) is 16.9 Å². The Morgan fingerprint density at radius 1 is 1.06 bits per heavy atom. The van der Waals surface area contributed by atoms with Crippen LogP contribution in [0.15, 0.2) is 85.3 Å². The highest BCUT2D eigenvalue weighted by Gasteiger charge is 2.24. The molecule has 262 valence electrons. The number of nitrogens with one attached hydrogen (secondary N) is 5. The minimum Gasteiger partial charge on any atom is -0.453 e. The average molecular weight is 711 g/mol. The van der Waals surface area contributed by atoms with E-state index < -0.39 is 18.2 Å². The van der Waals surface area contributed by atoms with E-state index in [4.69, 9.17) is 21.2 Å². The number of benzene rings is 3. The number of nitrogens with zero attached hydrogens (tertiary/aromatic N) is 5. The molecule has 0 aliphatic carbocycles. The summed E-state index contributed by atoms with van der Waals surface area (Å²) in [6.45, 7) is 0.201. The molecule has 5 N–H and O–H groups in total. The number of aromatic amines is 1. The Labute approximate surface area is 297 Å². The zero-order valence-corrected chi connectivity index (χ0v) is 28.3. The fourth-order valence-electron chi connectivity index (χ4n) is 5.59. The molecule has 1 aliphatic rings. The van der Waals surface area contributed by atoms with E-state index in [-0.39, 0.29) is 18.4 Å². The number of hydrogen-bond acceptors (Lipinski definition) is 10. The van der Waals surface area contributed by atoms with Gasteiger partial charge >= 0.3 is 6.09 Å². The molecule has 3 amide bonds. The van der Waals surface area contributed by atoms with Crippen LogP contribution in [0.25, 0.3) is 23.0 Å². The lowest BCUT2D eigenvalue weighted by molar-refractivity contribution is -0.135. The fraction of sp³-hybridized carbons (Fsp3) is 0.229. The summed E-state index contributed by atoms with van der Waals surface area (Å²) in [6, 6.07) is 18.8. The monoisotopic (exact) mass is 710 g/mol. The maximum absolute atomic E-state index is 13.5. The molecular formula is C35H35ClN10O5. The molecule has 5 aromatic rings. The lowest BCUT2D eigenvalue weighted by atomic mass is 10.0. The molecule has 16 heteroatoms. The van der Waals surface area contributed by atoms with Gasteiger partial charge in [0.1, 0.15) is 18.2 Å². The van der Waals surface area contributed by atoms with Crippen LogP contribution in [0.2, 0.25) is 5.02 Å². The number of aromatic nitrogens is 6. The molecule has 2 atom stereocenters. The third-order valence-electron chi connectivity index (χ3n) is 8.12. The molecule has 51 heavy (non-hydrogen) atoms. The van der Waals surface area contributed by atoms with E-state index in [2.05, 4.69) is 46.9 Å². The van der Waals surface area contributed by atoms with Crippen LogP contribution in [-0.2, 0) is 25.8 Å². The van der Waals surface area contributed by atoms with E-state index >= 15 is 0 Å². The summed E-state index contributed by atoms with van der Waals surface area (Å²) >= 11 is 6.25. The predicted molar refractivity (Wildman–Crippen MR) is 189 cm³/mol. The fourth-order valence-corrected chi connectivity index (χ4v) is 5.77. The lowest BCUT2D eigenvalue weighted by Gasteiger charge is -2.23. The second-order valence-corrected chi connectivity index (χ2v) is 12.1. The Bertz CT molecular complexity index is 2000. The number of hydrogen-bond donors (Lipinski definition) is 5. The van der Waals surface area contributed by atoms with Gasteiger partial charge in [-0.05, 0) is 71.3 Å². The van der Waals surface area contributed by atoms with Gasteiger partial charge in [0.25, 0.3) is 5.91 Å². The first-order valence-corrected chi connectivity index (χ1v) is 16.5. The maximum Gasteiger partial charge on any atom is 0.411 e. The van der Waals surface area contributed by atoms with Crippen LogP contribution in [0.1, 0.15) is 48.7 Å². The smallest absolute Gasteiger partial charge is 0.411 e. The number of fused-ring (bicyclic) bond motifs is 4. The third-order valence-corrected chi connectivity index (χ3v) is 8.35. The Kier molecular flexibility index (Phi) is 11.3. The summed E-state index contributed by atoms with van der Waals surface area (Å²) in [6.07, 6.45) is 7.84. The van der Waals surface area contributed by atoms with Gasteiger partial charge in [-0.25, -0.2) is 15.3 Å². The first-order chi connectivity index (χ1) is 24.9. The molecule has 15 nitrogen and oxygen atoms in total. The largest absolute Gasteiger partial charge is 0.453 e. The van der Waals surface area contributed by atoms with Gasteiger partial charge in [-0.1, -0.05) is 54.8 Å². The van der Waals surface area contributed by atoms with E-state index in [9.17, 15) is 14.4 Å². The Morgan fingerprint density at radius 3 is 2.71 bits per heavy atom. The van der Waals surface area contributed by atoms with E-state index in [0.717, 1.165) is 5.56 Å². The summed E-state index contributed by atoms with van der Waals surface area (Å²) in [5, 5.41) is 20.9. The van der Waals surface area contributed by atoms with Crippen LogP contribution in [0.4, 0.5) is 16.2 Å². The normalized spacial score (nSPS) is 15.8. The maximum atomic E-state index is 13.5. The number of H-pyrrole nitrogens is 1. The van der Waals surface area contributed by atoms with Crippen LogP contribution in [-0.4, -0.2) is 61.2 Å². The van der Waals surface area contributed by atoms with Crippen LogP contribution in [0.5, 0.6) is 0 Å². The SMILES string of the molecule is COC(=O)Nc1ccc2c(c1)N[C@@H](C(=O)NOCc1ccccc1)CCCC[C@H](NC(=O)/C=C/c1cc(Cl)ccc1-n1cnnn1)c1ncc-2[nH]1. The number of anilines is 2. The van der Waals surface area contributed by atoms with Gasteiger partial charge in [0.05, 0.1) is 37.3 Å². The van der Waals surface area contributed by atoms with Gasteiger partial charge in [-0.15, -0.1) is 5.10 Å². The van der Waals surface area contributed by atoms with Gasteiger partial charge in [-0.3, -0.25) is 19.7 Å². The van der Waals surface area contributed by atoms with Crippen LogP contribution >= 0.6 is 11.6 Å². The molecule has 0 radical (unpaired) electrons. The number of imidazole rings is 1. The highest BCUT2D eigenvalue weighted by molar-refractivity contribution is 6.30. The summed E-state index contributed by atoms with van der Waals surface area (Å²) in [4.78, 5) is 52.3. The minimum atomic E-state index is -0.697. The number of amides is 3. The second kappa shape index (κ2) is 16.6. The van der Waals surface area contributed by atoms with Crippen LogP contribution < -0.4 is 21.4 Å². The summed E-state index contributed by atoms with van der Waals surface area (Å²) in [5.74, 6) is -0.139. The molecule has 0 fully saturated rings. The number of ether oxygens (including phenoxy) is 1. The molecule has 3 aromatic carbocycles. The van der Waals surface area contributed by atoms with Crippen molar-refractivity contribution >= 4 is 47.0 Å². The topological polar surface area (TPSA) is 190 Å². The van der Waals surface area contributed by atoms with Crippen LogP contribution in [0.3, 0.4) is 0 Å². The molecule has 0 saturated carbocycles. The standard InChI is InChI=1S/C35H35ClN10O5/c1-50-35(49)39-25-13-14-26-29(18-25)40-28(34(48)43-51-20-22-7-3-2-4-8-22)10-6-5-9-27(33-37-19-30(26)42-33)41-32(47)16-11-23-17-24(36)12-15-31(23)46-21-38-44-45-46/h2-4,7-8,11-19,21,27-28,40H,5-6,9-10,20H2,1H3,(H,37,42)(H,39,49)(H,41,47)(H,43,48)/b16-11+/t27-,28+/m0/s1. The first-order valence-electron chi connectivity index (χ1n) is 16.1. The lowest BCUT2D eigenvalue weighted by Crippen LogP contribution is -2.39. The molecule has 0 unspecified atom stereocenters. The second-order valence-electron chi connectivity index (χ2n) is 11.6. The van der Waals surface area contributed by atoms with Crippen molar-refractivity contribution in [3.63, 3.8) is 0 Å². The predicted octanol–water partition coefficient (Wildman–Crippen LogP) is 5.36. The molecule has 2 aromatic heterocycles. The van der Waals surface area contributed by atoms with Crippen molar-refractivity contribution in [3.05, 3.63) is 107 Å². The van der Waals surface area contributed by atoms with Gasteiger partial charge in [0.2, 0.25) is 5.91 Å². The summed E-state index contributed by atoms with van der Waals surface area (Å²) < 4.78 is 6.25. The molecular weight excluding hydrogens is 676 g/mol. The highest BCUT2D eigenvalue weighted by Crippen LogP contribution is 2.33. The van der Waals surface area contributed by atoms with E-state index in [0.29, 0.717) is 70.4 Å². The Hall–Kier alpha value is -6.06. The number of hydroxylamine groups is 1. The molecule has 2 bridgehead atoms. The zero-order valence-electron chi connectivity index (χ0n) is 27.5. The van der Waals surface area contributed by atoms with Crippen molar-refractivity contribution in [1.29, 1.82) is 0 Å². The van der Waals surface area contributed by atoms with Gasteiger partial charge in [0, 0.05) is 33.6 Å². The number of halogens is 1. The van der Waals surface area contributed by atoms with Gasteiger partial charge in [-0.2, -0.15) is 4.68 Å². The summed E-state index contributed by atoms with van der Waals surface area (Å²) in [7, 11) is 1.28. The quantitative estimate of drug-likeness (QED) is 0.0984. The number of methoxy groups -OCH3 is 1. The Balaban J connectivity index is 1.23. The van der Waals surface area contributed by atoms with Crippen molar-refractivity contribution in [2.45, 2.75) is 44.4 Å². The number of tetrazole rings is 1. The van der Waals surface area contributed by atoms with Gasteiger partial charge in [0.15, 0.2) is 0 Å². The van der Waals surface area contributed by atoms with Gasteiger partial charge < -0.3 is 20.4 Å². The molecule has 0 spiro atoms. The highest BCUT2D eigenvalue weighted by atomic mass is 35.5. The van der Waals surface area contributed by atoms with Crippen molar-refractivity contribution in [2.75, 3.05) is 17.7 Å². The molecule has 0 saturated heterocycles. The van der Waals surface area contributed by atoms with E-state index in [1.54, 1.807) is 48.7 Å². The number of carbonyl (C=O) groups is 3. The molecule has 1 aliphatic heterocycles. The average Bonchev–Trinajstić information content (AvgIpc) is 3.85. The Morgan fingerprint density at radius 2 is 1.90 bits per heavy atom. The minimum absolute atomic E-state index is 0.201. The zero-order chi connectivity index (χ0) is 35.6. The van der Waals surface area contributed by atoms with Crippen molar-refractivity contribution < 1.29 is 24.0 Å². The number of carbonyl (C=O) groups excluding carboxylic acids is 3.